The van der Waals surface area contributed by atoms with Crippen LogP contribution in [0.4, 0.5) is 0 Å². The third kappa shape index (κ3) is 4.89. The summed E-state index contributed by atoms with van der Waals surface area (Å²) >= 11 is -0.0617. The molecule has 0 aromatic heterocycles. The average molecular weight is 121 g/mol. The molecule has 1 radical (unpaired) electrons. The van der Waals surface area contributed by atoms with E-state index in [1.54, 1.807) is 0 Å². The van der Waals surface area contributed by atoms with Crippen molar-refractivity contribution in [2.75, 3.05) is 0 Å². The lowest BCUT2D eigenvalue weighted by Crippen LogP contribution is -1.96. The van der Waals surface area contributed by atoms with Crippen LogP contribution in [0.5, 0.6) is 0 Å². The molecule has 0 amide bonds. The highest BCUT2D eigenvalue weighted by Crippen LogP contribution is 1.52. The quantitative estimate of drug-likeness (QED) is 0.365. The highest BCUT2D eigenvalue weighted by molar-refractivity contribution is 6.33. The lowest BCUT2D eigenvalue weighted by molar-refractivity contribution is 0.513. The Morgan fingerprint density at radius 2 is 1.60 bits per heavy atom. The van der Waals surface area contributed by atoms with Crippen molar-refractivity contribution < 1.29 is 6.96 Å². The van der Waals surface area contributed by atoms with E-state index in [4.69, 9.17) is 6.96 Å². The lowest BCUT2D eigenvalue weighted by Gasteiger charge is -1.85. The fourth-order valence-electron chi connectivity index (χ4n) is 0.0962. The Hall–Kier alpha value is 0.886. The molecule has 0 aromatic carbocycles. The summed E-state index contributed by atoms with van der Waals surface area (Å²) in [6.07, 6.45) is 0. The summed E-state index contributed by atoms with van der Waals surface area (Å²) < 4.78 is 9.45. The Morgan fingerprint density at radius 1 is 1.20 bits per heavy atom. The van der Waals surface area contributed by atoms with Gasteiger partial charge in [-0.2, -0.15) is 0 Å². The molecule has 0 unspecified atom stereocenters. The van der Waals surface area contributed by atoms with E-state index in [9.17, 15) is 0 Å². The second-order valence-electron chi connectivity index (χ2n) is 0.568. The first-order chi connectivity index (χ1) is 2.41. The SMILES string of the molecule is [SiH3][O][Al][O][SiH3]. The molecule has 5 heteroatoms. The number of hydrogen-bond donors (Lipinski definition) is 0. The zero-order chi connectivity index (χ0) is 4.12. The topological polar surface area (TPSA) is 18.5 Å². The molecule has 0 rings (SSSR count). The van der Waals surface area contributed by atoms with E-state index < -0.39 is 0 Å². The van der Waals surface area contributed by atoms with Gasteiger partial charge in [-0.1, -0.05) is 0 Å². The van der Waals surface area contributed by atoms with E-state index in [-0.39, 0.29) is 15.9 Å². The second kappa shape index (κ2) is 4.89. The van der Waals surface area contributed by atoms with Gasteiger partial charge in [0.05, 0.1) is 0 Å². The first-order valence-electron chi connectivity index (χ1n) is 1.29. The van der Waals surface area contributed by atoms with Crippen LogP contribution >= 0.6 is 0 Å². The molecule has 0 atom stereocenters. The fraction of sp³-hybridized carbons (Fsp3) is 0. The largest absolute Gasteiger partial charge is 0.643 e. The van der Waals surface area contributed by atoms with Crippen LogP contribution in [-0.4, -0.2) is 36.9 Å². The third-order valence-electron chi connectivity index (χ3n) is 0.192. The van der Waals surface area contributed by atoms with E-state index in [1.165, 1.54) is 0 Å². The monoisotopic (exact) mass is 121 g/mol. The molecule has 29 valence electrons. The Bertz CT molecular complexity index is 15.1. The Kier molecular flexibility index (Phi) is 5.75. The number of hydrogen-bond acceptors (Lipinski definition) is 2. The molecular weight excluding hydrogens is 115 g/mol. The van der Waals surface area contributed by atoms with Gasteiger partial charge in [0.1, 0.15) is 21.0 Å². The van der Waals surface area contributed by atoms with Crippen molar-refractivity contribution in [2.24, 2.45) is 0 Å². The van der Waals surface area contributed by atoms with E-state index >= 15 is 0 Å². The van der Waals surface area contributed by atoms with Gasteiger partial charge in [-0.3, -0.25) is 0 Å². The molecular formula is H6AlO2Si2. The second-order valence-corrected chi connectivity index (χ2v) is 4.53. The molecule has 0 bridgehead atoms. The van der Waals surface area contributed by atoms with Gasteiger partial charge >= 0.3 is 15.9 Å². The van der Waals surface area contributed by atoms with Gasteiger partial charge in [-0.25, -0.2) is 0 Å². The van der Waals surface area contributed by atoms with Gasteiger partial charge in [0.15, 0.2) is 0 Å². The Morgan fingerprint density at radius 3 is 1.60 bits per heavy atom. The standard InChI is InChI=1S/Al.2H3OSi/c;2*1-2/h;2*2H3/q+2;2*-1. The van der Waals surface area contributed by atoms with E-state index in [2.05, 4.69) is 0 Å². The van der Waals surface area contributed by atoms with Gasteiger partial charge in [-0.05, 0) is 0 Å². The Balaban J connectivity index is 2.19. The van der Waals surface area contributed by atoms with Gasteiger partial charge in [0.25, 0.3) is 0 Å². The molecule has 0 heterocycles. The molecule has 0 saturated carbocycles. The predicted octanol–water partition coefficient (Wildman–Crippen LogP) is -2.89. The van der Waals surface area contributed by atoms with Crippen molar-refractivity contribution in [1.29, 1.82) is 0 Å². The molecule has 0 spiro atoms. The van der Waals surface area contributed by atoms with Crippen LogP contribution < -0.4 is 0 Å². The van der Waals surface area contributed by atoms with Crippen LogP contribution in [0.25, 0.3) is 0 Å². The molecule has 0 aliphatic heterocycles. The molecule has 2 nitrogen and oxygen atoms in total. The van der Waals surface area contributed by atoms with Crippen LogP contribution in [0, 0.1) is 0 Å². The zero-order valence-corrected chi connectivity index (χ0v) is 8.55. The predicted molar refractivity (Wildman–Crippen MR) is 27.8 cm³/mol. The van der Waals surface area contributed by atoms with Crippen molar-refractivity contribution in [3.05, 3.63) is 0 Å². The van der Waals surface area contributed by atoms with Gasteiger partial charge in [0.2, 0.25) is 0 Å². The van der Waals surface area contributed by atoms with Crippen molar-refractivity contribution in [2.45, 2.75) is 0 Å². The van der Waals surface area contributed by atoms with E-state index in [0.29, 0.717) is 0 Å². The highest BCUT2D eigenvalue weighted by Gasteiger charge is 1.80. The summed E-state index contributed by atoms with van der Waals surface area (Å²) in [5, 5.41) is 0. The van der Waals surface area contributed by atoms with Crippen molar-refractivity contribution in [3.63, 3.8) is 0 Å². The molecule has 0 saturated heterocycles. The number of rotatable bonds is 2. The first-order valence-corrected chi connectivity index (χ1v) is 3.86. The molecule has 0 aromatic rings. The van der Waals surface area contributed by atoms with Crippen LogP contribution in [0.2, 0.25) is 0 Å². The van der Waals surface area contributed by atoms with Crippen molar-refractivity contribution >= 4 is 36.9 Å². The van der Waals surface area contributed by atoms with E-state index in [1.807, 2.05) is 0 Å². The van der Waals surface area contributed by atoms with Crippen LogP contribution in [0.15, 0.2) is 0 Å². The molecule has 5 heavy (non-hydrogen) atoms. The minimum atomic E-state index is -0.0617. The van der Waals surface area contributed by atoms with E-state index in [0.717, 1.165) is 21.0 Å². The van der Waals surface area contributed by atoms with Crippen LogP contribution in [-0.2, 0) is 6.96 Å². The lowest BCUT2D eigenvalue weighted by atomic mass is 15.7. The van der Waals surface area contributed by atoms with Crippen LogP contribution in [0.3, 0.4) is 0 Å². The zero-order valence-electron chi connectivity index (χ0n) is 3.39. The Labute approximate surface area is 44.3 Å². The summed E-state index contributed by atoms with van der Waals surface area (Å²) in [4.78, 5) is 0. The normalized spacial score (nSPS) is 8.80. The average Bonchev–Trinajstić information content (AvgIpc) is 1.41. The summed E-state index contributed by atoms with van der Waals surface area (Å²) in [5.74, 6) is 0. The van der Waals surface area contributed by atoms with Gasteiger partial charge < -0.3 is 6.96 Å². The summed E-state index contributed by atoms with van der Waals surface area (Å²) in [7, 11) is 1.67. The van der Waals surface area contributed by atoms with Gasteiger partial charge in [-0.15, -0.1) is 0 Å². The first kappa shape index (κ1) is 5.89. The summed E-state index contributed by atoms with van der Waals surface area (Å²) in [6.45, 7) is 0. The van der Waals surface area contributed by atoms with Crippen LogP contribution in [0.1, 0.15) is 0 Å². The smallest absolute Gasteiger partial charge is 0.535 e. The molecule has 0 N–H and O–H groups in total. The minimum absolute atomic E-state index is 0.0617. The maximum Gasteiger partial charge on any atom is 0.643 e. The highest BCUT2D eigenvalue weighted by atomic mass is 28.2. The molecule has 0 fully saturated rings. The fourth-order valence-corrected chi connectivity index (χ4v) is 2.60. The third-order valence-corrected chi connectivity index (χ3v) is 1.73. The molecule has 0 aliphatic carbocycles. The van der Waals surface area contributed by atoms with Crippen molar-refractivity contribution in [1.82, 2.24) is 0 Å². The maximum absolute atomic E-state index is 4.73. The molecule has 0 aliphatic rings. The summed E-state index contributed by atoms with van der Waals surface area (Å²) in [5.41, 5.74) is 0. The summed E-state index contributed by atoms with van der Waals surface area (Å²) in [6, 6.07) is 0. The maximum atomic E-state index is 4.73. The van der Waals surface area contributed by atoms with Crippen molar-refractivity contribution in [3.8, 4) is 0 Å². The minimum Gasteiger partial charge on any atom is -0.535 e. The van der Waals surface area contributed by atoms with Gasteiger partial charge in [0, 0.05) is 0 Å².